The zero-order valence-corrected chi connectivity index (χ0v) is 20.6. The summed E-state index contributed by atoms with van der Waals surface area (Å²) in [5.74, 6) is -0.269. The van der Waals surface area contributed by atoms with E-state index >= 15 is 0 Å². The van der Waals surface area contributed by atoms with Gasteiger partial charge in [0.15, 0.2) is 0 Å². The molecule has 5 rings (SSSR count). The Balaban J connectivity index is 1.34. The molecule has 1 N–H and O–H groups in total. The summed E-state index contributed by atoms with van der Waals surface area (Å²) in [6.45, 7) is 3.12. The molecule has 2 aromatic heterocycles. The Labute approximate surface area is 210 Å². The quantitative estimate of drug-likeness (QED) is 0.353. The van der Waals surface area contributed by atoms with Crippen molar-refractivity contribution in [2.24, 2.45) is 0 Å². The van der Waals surface area contributed by atoms with Crippen molar-refractivity contribution >= 4 is 51.6 Å². The average molecular weight is 521 g/mol. The van der Waals surface area contributed by atoms with E-state index in [4.69, 9.17) is 34.8 Å². The van der Waals surface area contributed by atoms with Crippen molar-refractivity contribution in [3.8, 4) is 5.69 Å². The third-order valence-corrected chi connectivity index (χ3v) is 7.12. The van der Waals surface area contributed by atoms with Gasteiger partial charge in [-0.3, -0.25) is 4.79 Å². The topological polar surface area (TPSA) is 66.8 Å². The fourth-order valence-corrected chi connectivity index (χ4v) is 5.61. The second-order valence-electron chi connectivity index (χ2n) is 8.58. The van der Waals surface area contributed by atoms with Gasteiger partial charge in [0.2, 0.25) is 5.91 Å². The number of hydrogen-bond donors (Lipinski definition) is 1. The highest BCUT2D eigenvalue weighted by Crippen LogP contribution is 2.33. The smallest absolute Gasteiger partial charge is 0.227 e. The first-order chi connectivity index (χ1) is 16.3. The van der Waals surface area contributed by atoms with Crippen LogP contribution in [0.15, 0.2) is 36.5 Å². The molecule has 1 atom stereocenters. The number of amides is 1. The predicted molar refractivity (Wildman–Crippen MR) is 132 cm³/mol. The molecule has 0 radical (unpaired) electrons. The van der Waals surface area contributed by atoms with Crippen LogP contribution in [0.5, 0.6) is 0 Å². The normalized spacial score (nSPS) is 16.4. The first-order valence-electron chi connectivity index (χ1n) is 10.9. The molecular formula is C24H21Cl3FN5O. The van der Waals surface area contributed by atoms with Crippen LogP contribution in [0.4, 0.5) is 4.39 Å². The van der Waals surface area contributed by atoms with Gasteiger partial charge in [-0.05, 0) is 55.7 Å². The fourth-order valence-electron chi connectivity index (χ4n) is 4.62. The molecule has 6 nitrogen and oxygen atoms in total. The monoisotopic (exact) mass is 519 g/mol. The number of piperidine rings is 1. The molecular weight excluding hydrogens is 500 g/mol. The van der Waals surface area contributed by atoms with E-state index in [2.05, 4.69) is 15.3 Å². The van der Waals surface area contributed by atoms with E-state index in [1.54, 1.807) is 29.1 Å². The molecule has 10 heteroatoms. The predicted octanol–water partition coefficient (Wildman–Crippen LogP) is 6.11. The van der Waals surface area contributed by atoms with Gasteiger partial charge in [0.05, 0.1) is 28.4 Å². The average Bonchev–Trinajstić information content (AvgIpc) is 3.38. The van der Waals surface area contributed by atoms with Crippen LogP contribution >= 0.6 is 34.8 Å². The molecule has 1 amide bonds. The number of hydrogen-bond acceptors (Lipinski definition) is 3. The van der Waals surface area contributed by atoms with Crippen LogP contribution in [0, 0.1) is 12.7 Å². The van der Waals surface area contributed by atoms with E-state index in [0.29, 0.717) is 33.8 Å². The van der Waals surface area contributed by atoms with Gasteiger partial charge in [-0.25, -0.2) is 9.07 Å². The van der Waals surface area contributed by atoms with Gasteiger partial charge >= 0.3 is 0 Å². The molecule has 1 saturated heterocycles. The van der Waals surface area contributed by atoms with Crippen LogP contribution in [0.2, 0.25) is 15.1 Å². The van der Waals surface area contributed by atoms with Crippen LogP contribution in [-0.4, -0.2) is 43.9 Å². The highest BCUT2D eigenvalue weighted by Gasteiger charge is 2.28. The Morgan fingerprint density at radius 2 is 1.97 bits per heavy atom. The van der Waals surface area contributed by atoms with Gasteiger partial charge in [0.25, 0.3) is 0 Å². The largest absolute Gasteiger partial charge is 0.358 e. The van der Waals surface area contributed by atoms with E-state index in [-0.39, 0.29) is 24.1 Å². The van der Waals surface area contributed by atoms with Crippen molar-refractivity contribution in [1.29, 1.82) is 0 Å². The molecule has 176 valence electrons. The molecule has 3 heterocycles. The highest BCUT2D eigenvalue weighted by atomic mass is 35.5. The first kappa shape index (κ1) is 23.1. The third kappa shape index (κ3) is 4.40. The van der Waals surface area contributed by atoms with Crippen LogP contribution in [0.1, 0.15) is 35.7 Å². The summed E-state index contributed by atoms with van der Waals surface area (Å²) in [7, 11) is 0. The van der Waals surface area contributed by atoms with E-state index in [0.717, 1.165) is 40.7 Å². The van der Waals surface area contributed by atoms with Crippen LogP contribution in [-0.2, 0) is 11.2 Å². The lowest BCUT2D eigenvalue weighted by molar-refractivity contribution is -0.131. The summed E-state index contributed by atoms with van der Waals surface area (Å²) in [5, 5.41) is 10.5. The summed E-state index contributed by atoms with van der Waals surface area (Å²) >= 11 is 18.7. The third-order valence-electron chi connectivity index (χ3n) is 6.32. The van der Waals surface area contributed by atoms with Gasteiger partial charge in [-0.1, -0.05) is 40.0 Å². The molecule has 0 bridgehead atoms. The number of nitrogens with one attached hydrogen (secondary N) is 1. The van der Waals surface area contributed by atoms with E-state index in [9.17, 15) is 9.18 Å². The minimum atomic E-state index is -0.317. The number of carbonyl (C=O) groups is 1. The number of aryl methyl sites for hydroxylation is 1. The van der Waals surface area contributed by atoms with Gasteiger partial charge in [0.1, 0.15) is 11.5 Å². The zero-order chi connectivity index (χ0) is 24.0. The number of halogens is 4. The maximum Gasteiger partial charge on any atom is 0.227 e. The first-order valence-corrected chi connectivity index (χ1v) is 12.0. The fraction of sp³-hybridized carbons (Fsp3) is 0.292. The Hall–Kier alpha value is -2.61. The van der Waals surface area contributed by atoms with Crippen LogP contribution < -0.4 is 0 Å². The summed E-state index contributed by atoms with van der Waals surface area (Å²) in [4.78, 5) is 18.3. The lowest BCUT2D eigenvalue weighted by Gasteiger charge is -2.32. The molecule has 34 heavy (non-hydrogen) atoms. The number of fused-ring (bicyclic) bond motifs is 1. The molecule has 1 unspecified atom stereocenters. The number of aromatic amines is 1. The molecule has 1 fully saturated rings. The van der Waals surface area contributed by atoms with Crippen molar-refractivity contribution in [2.75, 3.05) is 13.1 Å². The second-order valence-corrected chi connectivity index (χ2v) is 9.83. The Kier molecular flexibility index (Phi) is 6.27. The number of carbonyl (C=O) groups excluding carboxylic acids is 1. The molecule has 1 aliphatic heterocycles. The highest BCUT2D eigenvalue weighted by molar-refractivity contribution is 6.40. The summed E-state index contributed by atoms with van der Waals surface area (Å²) in [5.41, 5.74) is 3.82. The van der Waals surface area contributed by atoms with Gasteiger partial charge < -0.3 is 9.88 Å². The summed E-state index contributed by atoms with van der Waals surface area (Å²) in [6, 6.07) is 7.80. The number of rotatable bonds is 4. The Morgan fingerprint density at radius 1 is 1.21 bits per heavy atom. The van der Waals surface area contributed by atoms with Gasteiger partial charge in [0, 0.05) is 40.6 Å². The summed E-state index contributed by atoms with van der Waals surface area (Å²) < 4.78 is 15.3. The van der Waals surface area contributed by atoms with E-state index < -0.39 is 0 Å². The lowest BCUT2D eigenvalue weighted by atomic mass is 9.94. The van der Waals surface area contributed by atoms with Crippen LogP contribution in [0.25, 0.3) is 16.6 Å². The number of nitrogens with zero attached hydrogens (tertiary/aromatic N) is 4. The van der Waals surface area contributed by atoms with Gasteiger partial charge in [-0.2, -0.15) is 0 Å². The number of aromatic nitrogens is 4. The Bertz CT molecular complexity index is 1380. The maximum atomic E-state index is 13.8. The lowest BCUT2D eigenvalue weighted by Crippen LogP contribution is -2.40. The maximum absolute atomic E-state index is 13.8. The molecule has 4 aromatic rings. The van der Waals surface area contributed by atoms with Crippen LogP contribution in [0.3, 0.4) is 0 Å². The minimum Gasteiger partial charge on any atom is -0.358 e. The molecule has 1 aliphatic rings. The summed E-state index contributed by atoms with van der Waals surface area (Å²) in [6.07, 6.45) is 3.76. The van der Waals surface area contributed by atoms with E-state index in [1.165, 1.54) is 12.1 Å². The number of likely N-dealkylation sites (tertiary alicyclic amines) is 1. The number of H-pyrrole nitrogens is 1. The zero-order valence-electron chi connectivity index (χ0n) is 18.3. The minimum absolute atomic E-state index is 0.00847. The number of benzene rings is 2. The van der Waals surface area contributed by atoms with Crippen molar-refractivity contribution in [3.63, 3.8) is 0 Å². The molecule has 2 aromatic carbocycles. The second kappa shape index (κ2) is 9.21. The standard InChI is InChI=1S/C24H21Cl3FN5O/c1-13-17(18-9-16(28)4-5-21(18)29-13)10-23(34)32-6-2-3-14(11-32)22-12-33(31-30-22)24-19(26)7-15(25)8-20(24)27/h4-5,7-9,12,14,29H,2-3,6,10-11H2,1H3. The molecule has 0 spiro atoms. The van der Waals surface area contributed by atoms with Crippen molar-refractivity contribution < 1.29 is 9.18 Å². The van der Waals surface area contributed by atoms with Crippen molar-refractivity contribution in [3.05, 3.63) is 74.4 Å². The molecule has 0 saturated carbocycles. The van der Waals surface area contributed by atoms with E-state index in [1.807, 2.05) is 11.8 Å². The SMILES string of the molecule is Cc1[nH]c2ccc(F)cc2c1CC(=O)N1CCCC(c2cn(-c3c(Cl)cc(Cl)cc3Cl)nn2)C1. The molecule has 0 aliphatic carbocycles. The van der Waals surface area contributed by atoms with Crippen molar-refractivity contribution in [2.45, 2.75) is 32.1 Å². The van der Waals surface area contributed by atoms with Crippen molar-refractivity contribution in [1.82, 2.24) is 24.9 Å². The van der Waals surface area contributed by atoms with Gasteiger partial charge in [-0.15, -0.1) is 5.10 Å². The Morgan fingerprint density at radius 3 is 2.74 bits per heavy atom.